The fourth-order valence-electron chi connectivity index (χ4n) is 2.07. The Morgan fingerprint density at radius 2 is 2.11 bits per heavy atom. The Bertz CT molecular complexity index is 774. The quantitative estimate of drug-likeness (QED) is 0.706. The smallest absolute Gasteiger partial charge is 0.142 e. The molecule has 88 valence electrons. The van der Waals surface area contributed by atoms with Crippen molar-refractivity contribution in [3.8, 4) is 17.5 Å². The number of H-pyrrole nitrogens is 1. The van der Waals surface area contributed by atoms with Crippen molar-refractivity contribution in [1.29, 1.82) is 5.26 Å². The van der Waals surface area contributed by atoms with Gasteiger partial charge in [-0.25, -0.2) is 4.98 Å². The molecule has 0 bridgehead atoms. The Morgan fingerprint density at radius 1 is 1.28 bits per heavy atom. The molecule has 3 aromatic rings. The first-order valence-electron chi connectivity index (χ1n) is 5.64. The Kier molecular flexibility index (Phi) is 2.20. The van der Waals surface area contributed by atoms with Crippen molar-refractivity contribution in [3.63, 3.8) is 0 Å². The molecule has 0 aliphatic rings. The van der Waals surface area contributed by atoms with Crippen LogP contribution in [0.5, 0.6) is 0 Å². The summed E-state index contributed by atoms with van der Waals surface area (Å²) >= 11 is 0. The molecule has 0 aliphatic heterocycles. The molecule has 18 heavy (non-hydrogen) atoms. The summed E-state index contributed by atoms with van der Waals surface area (Å²) in [6, 6.07) is 9.48. The van der Waals surface area contributed by atoms with Crippen molar-refractivity contribution in [1.82, 2.24) is 9.97 Å². The van der Waals surface area contributed by atoms with Gasteiger partial charge in [0.15, 0.2) is 0 Å². The summed E-state index contributed by atoms with van der Waals surface area (Å²) in [6.07, 6.45) is 0. The fraction of sp³-hybridized carbons (Fsp3) is 0.143. The molecule has 0 unspecified atom stereocenters. The van der Waals surface area contributed by atoms with E-state index in [1.54, 1.807) is 12.1 Å². The summed E-state index contributed by atoms with van der Waals surface area (Å²) in [7, 11) is 0. The number of rotatable bonds is 1. The van der Waals surface area contributed by atoms with Crippen molar-refractivity contribution in [2.45, 2.75) is 13.8 Å². The molecule has 4 heteroatoms. The lowest BCUT2D eigenvalue weighted by Crippen LogP contribution is -1.78. The zero-order valence-corrected chi connectivity index (χ0v) is 10.1. The Hall–Kier alpha value is -2.54. The van der Waals surface area contributed by atoms with Crippen LogP contribution < -0.4 is 0 Å². The summed E-state index contributed by atoms with van der Waals surface area (Å²) in [5, 5.41) is 8.87. The summed E-state index contributed by atoms with van der Waals surface area (Å²) in [5.74, 6) is 2.47. The van der Waals surface area contributed by atoms with Crippen LogP contribution in [0.2, 0.25) is 0 Å². The highest BCUT2D eigenvalue weighted by molar-refractivity contribution is 5.81. The zero-order valence-electron chi connectivity index (χ0n) is 10.1. The number of nitriles is 1. The highest BCUT2D eigenvalue weighted by Crippen LogP contribution is 2.26. The number of imidazole rings is 1. The minimum Gasteiger partial charge on any atom is -0.466 e. The Morgan fingerprint density at radius 3 is 2.78 bits per heavy atom. The number of hydrogen-bond acceptors (Lipinski definition) is 3. The number of benzene rings is 1. The number of aromatic nitrogens is 2. The van der Waals surface area contributed by atoms with Crippen LogP contribution in [0, 0.1) is 25.2 Å². The molecule has 1 aromatic carbocycles. The van der Waals surface area contributed by atoms with Gasteiger partial charge in [-0.15, -0.1) is 0 Å². The van der Waals surface area contributed by atoms with Crippen LogP contribution in [-0.4, -0.2) is 9.97 Å². The number of aryl methyl sites for hydroxylation is 2. The molecule has 0 aliphatic carbocycles. The number of aromatic amines is 1. The van der Waals surface area contributed by atoms with Gasteiger partial charge in [0.1, 0.15) is 17.3 Å². The second-order valence-corrected chi connectivity index (χ2v) is 4.26. The molecule has 0 spiro atoms. The lowest BCUT2D eigenvalue weighted by Gasteiger charge is -1.90. The Balaban J connectivity index is 2.19. The van der Waals surface area contributed by atoms with E-state index in [9.17, 15) is 0 Å². The van der Waals surface area contributed by atoms with Gasteiger partial charge in [0.2, 0.25) is 0 Å². The maximum atomic E-state index is 8.87. The molecule has 0 saturated carbocycles. The largest absolute Gasteiger partial charge is 0.466 e. The molecule has 0 atom stereocenters. The first kappa shape index (κ1) is 10.6. The van der Waals surface area contributed by atoms with Crippen LogP contribution in [0.3, 0.4) is 0 Å². The summed E-state index contributed by atoms with van der Waals surface area (Å²) in [4.78, 5) is 7.73. The van der Waals surface area contributed by atoms with Gasteiger partial charge < -0.3 is 9.40 Å². The first-order chi connectivity index (χ1) is 8.67. The molecule has 2 heterocycles. The van der Waals surface area contributed by atoms with Gasteiger partial charge >= 0.3 is 0 Å². The van der Waals surface area contributed by atoms with Gasteiger partial charge in [0.25, 0.3) is 0 Å². The van der Waals surface area contributed by atoms with Gasteiger partial charge in [-0.2, -0.15) is 5.26 Å². The molecule has 0 amide bonds. The van der Waals surface area contributed by atoms with E-state index in [-0.39, 0.29) is 0 Å². The minimum atomic E-state index is 0.623. The Labute approximate surface area is 104 Å². The van der Waals surface area contributed by atoms with Crippen LogP contribution in [0.15, 0.2) is 28.7 Å². The van der Waals surface area contributed by atoms with Crippen LogP contribution in [0.1, 0.15) is 17.1 Å². The maximum Gasteiger partial charge on any atom is 0.142 e. The van der Waals surface area contributed by atoms with E-state index in [4.69, 9.17) is 9.68 Å². The van der Waals surface area contributed by atoms with Gasteiger partial charge in [0, 0.05) is 0 Å². The third-order valence-electron chi connectivity index (χ3n) is 2.91. The van der Waals surface area contributed by atoms with E-state index in [0.29, 0.717) is 5.56 Å². The summed E-state index contributed by atoms with van der Waals surface area (Å²) in [5.41, 5.74) is 3.30. The van der Waals surface area contributed by atoms with E-state index in [1.165, 1.54) is 0 Å². The molecule has 3 rings (SSSR count). The zero-order chi connectivity index (χ0) is 12.7. The molecule has 0 saturated heterocycles. The summed E-state index contributed by atoms with van der Waals surface area (Å²) in [6.45, 7) is 3.82. The van der Waals surface area contributed by atoms with Crippen LogP contribution in [0.4, 0.5) is 0 Å². The van der Waals surface area contributed by atoms with E-state index in [0.717, 1.165) is 33.9 Å². The number of hydrogen-bond donors (Lipinski definition) is 1. The molecule has 0 radical (unpaired) electrons. The molecule has 0 fully saturated rings. The van der Waals surface area contributed by atoms with Gasteiger partial charge in [0.05, 0.1) is 28.2 Å². The second-order valence-electron chi connectivity index (χ2n) is 4.26. The molecular formula is C14H11N3O. The number of furan rings is 1. The lowest BCUT2D eigenvalue weighted by molar-refractivity contribution is 0.505. The average Bonchev–Trinajstić information content (AvgIpc) is 2.90. The highest BCUT2D eigenvalue weighted by atomic mass is 16.3. The van der Waals surface area contributed by atoms with Crippen LogP contribution in [-0.2, 0) is 0 Å². The van der Waals surface area contributed by atoms with E-state index in [2.05, 4.69) is 16.0 Å². The SMILES string of the molecule is Cc1cc(-c2nc3ccc(C#N)cc3[nH]2)c(C)o1. The highest BCUT2D eigenvalue weighted by Gasteiger charge is 2.11. The fourth-order valence-corrected chi connectivity index (χ4v) is 2.07. The average molecular weight is 237 g/mol. The van der Waals surface area contributed by atoms with Crippen molar-refractivity contribution in [2.75, 3.05) is 0 Å². The maximum absolute atomic E-state index is 8.87. The van der Waals surface area contributed by atoms with E-state index in [1.807, 2.05) is 26.0 Å². The van der Waals surface area contributed by atoms with Crippen LogP contribution in [0.25, 0.3) is 22.4 Å². The molecule has 1 N–H and O–H groups in total. The molecule has 4 nitrogen and oxygen atoms in total. The molecular weight excluding hydrogens is 226 g/mol. The predicted molar refractivity (Wildman–Crippen MR) is 68.0 cm³/mol. The molecule has 2 aromatic heterocycles. The summed E-state index contributed by atoms with van der Waals surface area (Å²) < 4.78 is 5.50. The number of fused-ring (bicyclic) bond motifs is 1. The monoisotopic (exact) mass is 237 g/mol. The lowest BCUT2D eigenvalue weighted by atomic mass is 10.2. The standard InChI is InChI=1S/C14H11N3O/c1-8-5-11(9(2)18-8)14-16-12-4-3-10(7-15)6-13(12)17-14/h3-6H,1-2H3,(H,16,17). The van der Waals surface area contributed by atoms with E-state index < -0.39 is 0 Å². The number of nitrogens with zero attached hydrogens (tertiary/aromatic N) is 2. The van der Waals surface area contributed by atoms with Gasteiger partial charge in [-0.3, -0.25) is 0 Å². The van der Waals surface area contributed by atoms with E-state index >= 15 is 0 Å². The van der Waals surface area contributed by atoms with Gasteiger partial charge in [-0.05, 0) is 38.1 Å². The number of nitrogens with one attached hydrogen (secondary N) is 1. The van der Waals surface area contributed by atoms with Crippen molar-refractivity contribution < 1.29 is 4.42 Å². The van der Waals surface area contributed by atoms with Crippen molar-refractivity contribution in [3.05, 3.63) is 41.3 Å². The third kappa shape index (κ3) is 1.57. The topological polar surface area (TPSA) is 65.6 Å². The van der Waals surface area contributed by atoms with Crippen LogP contribution >= 0.6 is 0 Å². The minimum absolute atomic E-state index is 0.623. The van der Waals surface area contributed by atoms with Gasteiger partial charge in [-0.1, -0.05) is 0 Å². The first-order valence-corrected chi connectivity index (χ1v) is 5.64. The van der Waals surface area contributed by atoms with Crippen molar-refractivity contribution >= 4 is 11.0 Å². The normalized spacial score (nSPS) is 10.7. The predicted octanol–water partition coefficient (Wildman–Crippen LogP) is 3.31. The van der Waals surface area contributed by atoms with Crippen molar-refractivity contribution in [2.24, 2.45) is 0 Å². The third-order valence-corrected chi connectivity index (χ3v) is 2.91. The second kappa shape index (κ2) is 3.74.